The number of thiazole rings is 1. The van der Waals surface area contributed by atoms with Gasteiger partial charge in [0.25, 0.3) is 5.56 Å². The summed E-state index contributed by atoms with van der Waals surface area (Å²) in [7, 11) is 1.66. The molecule has 0 spiro atoms. The molecular formula is C12H14N2O2S. The summed E-state index contributed by atoms with van der Waals surface area (Å²) in [4.78, 5) is 16.0. The zero-order valence-corrected chi connectivity index (χ0v) is 10.6. The number of hydrogen-bond acceptors (Lipinski definition) is 4. The first-order chi connectivity index (χ1) is 8.20. The third-order valence-corrected chi connectivity index (χ3v) is 3.56. The number of rotatable bonds is 4. The molecule has 2 heterocycles. The van der Waals surface area contributed by atoms with Crippen molar-refractivity contribution in [2.24, 2.45) is 0 Å². The Morgan fingerprint density at radius 1 is 1.53 bits per heavy atom. The standard InChI is InChI=1S/C12H14N2O2S/c1-9(16-2)12-13-10(8-17-12)7-14-6-4-3-5-11(14)15/h3-6,8-9H,7H2,1-2H3. The average molecular weight is 250 g/mol. The molecule has 90 valence electrons. The van der Waals surface area contributed by atoms with E-state index in [9.17, 15) is 4.79 Å². The Labute approximate surface area is 104 Å². The van der Waals surface area contributed by atoms with Crippen molar-refractivity contribution < 1.29 is 4.74 Å². The minimum atomic E-state index is -0.0122. The van der Waals surface area contributed by atoms with Crippen molar-refractivity contribution in [2.45, 2.75) is 19.6 Å². The zero-order chi connectivity index (χ0) is 12.3. The van der Waals surface area contributed by atoms with E-state index in [2.05, 4.69) is 4.98 Å². The first-order valence-corrected chi connectivity index (χ1v) is 6.21. The Morgan fingerprint density at radius 3 is 3.06 bits per heavy atom. The van der Waals surface area contributed by atoms with Gasteiger partial charge in [0.1, 0.15) is 11.1 Å². The van der Waals surface area contributed by atoms with E-state index in [1.807, 2.05) is 18.4 Å². The molecule has 0 radical (unpaired) electrons. The number of ether oxygens (including phenoxy) is 1. The first kappa shape index (κ1) is 12.0. The summed E-state index contributed by atoms with van der Waals surface area (Å²) in [6.07, 6.45) is 1.77. The van der Waals surface area contributed by atoms with Crippen LogP contribution in [0.2, 0.25) is 0 Å². The molecule has 0 bridgehead atoms. The average Bonchev–Trinajstić information content (AvgIpc) is 2.80. The predicted octanol–water partition coefficient (Wildman–Crippen LogP) is 2.06. The second-order valence-electron chi connectivity index (χ2n) is 3.72. The van der Waals surface area contributed by atoms with Crippen molar-refractivity contribution in [2.75, 3.05) is 7.11 Å². The van der Waals surface area contributed by atoms with Crippen LogP contribution in [-0.2, 0) is 11.3 Å². The van der Waals surface area contributed by atoms with E-state index in [1.54, 1.807) is 41.3 Å². The molecule has 0 aliphatic rings. The molecule has 5 heteroatoms. The molecule has 0 amide bonds. The van der Waals surface area contributed by atoms with Crippen LogP contribution in [0.15, 0.2) is 34.6 Å². The number of nitrogens with zero attached hydrogens (tertiary/aromatic N) is 2. The van der Waals surface area contributed by atoms with Crippen LogP contribution in [0.25, 0.3) is 0 Å². The van der Waals surface area contributed by atoms with Gasteiger partial charge in [-0.25, -0.2) is 4.98 Å². The molecule has 0 saturated carbocycles. The van der Waals surface area contributed by atoms with Gasteiger partial charge in [0.05, 0.1) is 12.2 Å². The topological polar surface area (TPSA) is 44.1 Å². The van der Waals surface area contributed by atoms with Crippen molar-refractivity contribution in [3.05, 3.63) is 50.8 Å². The van der Waals surface area contributed by atoms with E-state index in [-0.39, 0.29) is 11.7 Å². The largest absolute Gasteiger partial charge is 0.375 e. The Bertz CT molecular complexity index is 547. The van der Waals surface area contributed by atoms with Crippen LogP contribution in [0.1, 0.15) is 23.7 Å². The van der Waals surface area contributed by atoms with Gasteiger partial charge in [0, 0.05) is 24.8 Å². The van der Waals surface area contributed by atoms with Gasteiger partial charge < -0.3 is 9.30 Å². The Kier molecular flexibility index (Phi) is 3.71. The van der Waals surface area contributed by atoms with Gasteiger partial charge >= 0.3 is 0 Å². The van der Waals surface area contributed by atoms with Crippen molar-refractivity contribution in [3.8, 4) is 0 Å². The highest BCUT2D eigenvalue weighted by molar-refractivity contribution is 7.09. The lowest BCUT2D eigenvalue weighted by atomic mass is 10.4. The van der Waals surface area contributed by atoms with Crippen LogP contribution < -0.4 is 5.56 Å². The minimum absolute atomic E-state index is 0.00115. The highest BCUT2D eigenvalue weighted by atomic mass is 32.1. The van der Waals surface area contributed by atoms with Crippen LogP contribution in [0, 0.1) is 0 Å². The molecule has 17 heavy (non-hydrogen) atoms. The molecule has 0 aliphatic carbocycles. The Balaban J connectivity index is 2.17. The van der Waals surface area contributed by atoms with Gasteiger partial charge in [-0.3, -0.25) is 4.79 Å². The maximum Gasteiger partial charge on any atom is 0.250 e. The first-order valence-electron chi connectivity index (χ1n) is 5.33. The lowest BCUT2D eigenvalue weighted by Gasteiger charge is -2.04. The highest BCUT2D eigenvalue weighted by Crippen LogP contribution is 2.20. The maximum atomic E-state index is 11.5. The van der Waals surface area contributed by atoms with E-state index < -0.39 is 0 Å². The Hall–Kier alpha value is -1.46. The van der Waals surface area contributed by atoms with E-state index in [0.717, 1.165) is 10.7 Å². The fourth-order valence-electron chi connectivity index (χ4n) is 1.45. The summed E-state index contributed by atoms with van der Waals surface area (Å²) >= 11 is 1.56. The molecule has 0 aliphatic heterocycles. The quantitative estimate of drug-likeness (QED) is 0.834. The van der Waals surface area contributed by atoms with E-state index in [4.69, 9.17) is 4.74 Å². The normalized spacial score (nSPS) is 12.6. The molecule has 1 atom stereocenters. The van der Waals surface area contributed by atoms with Gasteiger partial charge in [-0.1, -0.05) is 6.07 Å². The molecule has 0 aromatic carbocycles. The summed E-state index contributed by atoms with van der Waals surface area (Å²) in [6.45, 7) is 2.46. The van der Waals surface area contributed by atoms with Crippen LogP contribution >= 0.6 is 11.3 Å². The molecule has 0 saturated heterocycles. The third kappa shape index (κ3) is 2.81. The van der Waals surface area contributed by atoms with Crippen molar-refractivity contribution in [1.29, 1.82) is 0 Å². The van der Waals surface area contributed by atoms with E-state index in [0.29, 0.717) is 6.54 Å². The predicted molar refractivity (Wildman–Crippen MR) is 67.3 cm³/mol. The fourth-order valence-corrected chi connectivity index (χ4v) is 2.29. The zero-order valence-electron chi connectivity index (χ0n) is 9.79. The lowest BCUT2D eigenvalue weighted by molar-refractivity contribution is 0.119. The molecule has 2 aromatic heterocycles. The van der Waals surface area contributed by atoms with Crippen LogP contribution in [0.3, 0.4) is 0 Å². The van der Waals surface area contributed by atoms with Gasteiger partial charge in [0.15, 0.2) is 0 Å². The summed E-state index contributed by atoms with van der Waals surface area (Å²) in [5, 5.41) is 2.90. The number of hydrogen-bond donors (Lipinski definition) is 0. The monoisotopic (exact) mass is 250 g/mol. The van der Waals surface area contributed by atoms with Gasteiger partial charge in [-0.05, 0) is 13.0 Å². The van der Waals surface area contributed by atoms with Crippen LogP contribution in [0.4, 0.5) is 0 Å². The van der Waals surface area contributed by atoms with Crippen LogP contribution in [-0.4, -0.2) is 16.7 Å². The highest BCUT2D eigenvalue weighted by Gasteiger charge is 2.09. The minimum Gasteiger partial charge on any atom is -0.375 e. The van der Waals surface area contributed by atoms with E-state index in [1.165, 1.54) is 0 Å². The molecule has 1 unspecified atom stereocenters. The third-order valence-electron chi connectivity index (χ3n) is 2.50. The number of methoxy groups -OCH3 is 1. The molecule has 0 fully saturated rings. The van der Waals surface area contributed by atoms with Crippen molar-refractivity contribution >= 4 is 11.3 Å². The van der Waals surface area contributed by atoms with Gasteiger partial charge in [-0.2, -0.15) is 0 Å². The van der Waals surface area contributed by atoms with E-state index >= 15 is 0 Å². The van der Waals surface area contributed by atoms with Gasteiger partial charge in [-0.15, -0.1) is 11.3 Å². The summed E-state index contributed by atoms with van der Waals surface area (Å²) < 4.78 is 6.84. The molecule has 2 rings (SSSR count). The number of aromatic nitrogens is 2. The lowest BCUT2D eigenvalue weighted by Crippen LogP contribution is -2.18. The summed E-state index contributed by atoms with van der Waals surface area (Å²) in [5.74, 6) is 0. The molecular weight excluding hydrogens is 236 g/mol. The molecule has 2 aromatic rings. The molecule has 0 N–H and O–H groups in total. The summed E-state index contributed by atoms with van der Waals surface area (Å²) in [5.41, 5.74) is 0.879. The SMILES string of the molecule is COC(C)c1nc(Cn2ccccc2=O)cs1. The second-order valence-corrected chi connectivity index (χ2v) is 4.61. The Morgan fingerprint density at radius 2 is 2.35 bits per heavy atom. The van der Waals surface area contributed by atoms with Crippen molar-refractivity contribution in [3.63, 3.8) is 0 Å². The van der Waals surface area contributed by atoms with Gasteiger partial charge in [0.2, 0.25) is 0 Å². The maximum absolute atomic E-state index is 11.5. The van der Waals surface area contributed by atoms with Crippen molar-refractivity contribution in [1.82, 2.24) is 9.55 Å². The number of pyridine rings is 1. The fraction of sp³-hybridized carbons (Fsp3) is 0.333. The second kappa shape index (κ2) is 5.25. The smallest absolute Gasteiger partial charge is 0.250 e. The summed E-state index contributed by atoms with van der Waals surface area (Å²) in [6, 6.07) is 5.12. The molecule has 4 nitrogen and oxygen atoms in total. The van der Waals surface area contributed by atoms with Crippen LogP contribution in [0.5, 0.6) is 0 Å².